The number of imidazole rings is 1. The second kappa shape index (κ2) is 8.48. The molecule has 7 nitrogen and oxygen atoms in total. The van der Waals surface area contributed by atoms with E-state index < -0.39 is 17.5 Å². The minimum Gasteiger partial charge on any atom is -0.340 e. The molecule has 0 bridgehead atoms. The van der Waals surface area contributed by atoms with Crippen LogP contribution < -0.4 is 10.6 Å². The Morgan fingerprint density at radius 3 is 2.53 bits per heavy atom. The van der Waals surface area contributed by atoms with Crippen LogP contribution in [0.25, 0.3) is 5.82 Å². The van der Waals surface area contributed by atoms with Gasteiger partial charge in [-0.1, -0.05) is 6.07 Å². The Bertz CT molecular complexity index is 1160. The highest BCUT2D eigenvalue weighted by atomic mass is 19.1. The highest BCUT2D eigenvalue weighted by molar-refractivity contribution is 5.92. The molecule has 2 N–H and O–H groups in total. The molecule has 0 saturated carbocycles. The lowest BCUT2D eigenvalue weighted by atomic mass is 10.1. The molecule has 1 amide bonds. The van der Waals surface area contributed by atoms with Crippen LogP contribution in [0, 0.1) is 11.6 Å². The van der Waals surface area contributed by atoms with E-state index in [2.05, 4.69) is 25.6 Å². The first-order chi connectivity index (χ1) is 14.6. The highest BCUT2D eigenvalue weighted by Crippen LogP contribution is 2.19. The summed E-state index contributed by atoms with van der Waals surface area (Å²) in [7, 11) is 0. The van der Waals surface area contributed by atoms with Crippen LogP contribution in [0.15, 0.2) is 73.6 Å². The van der Waals surface area contributed by atoms with Gasteiger partial charge in [-0.15, -0.1) is 0 Å². The lowest BCUT2D eigenvalue weighted by molar-refractivity contribution is -0.115. The van der Waals surface area contributed by atoms with Crippen molar-refractivity contribution in [1.29, 1.82) is 0 Å². The number of anilines is 3. The van der Waals surface area contributed by atoms with Crippen molar-refractivity contribution in [2.75, 3.05) is 10.6 Å². The molecule has 4 aromatic rings. The number of hydrogen-bond acceptors (Lipinski definition) is 5. The molecule has 0 aliphatic carbocycles. The molecule has 0 aliphatic heterocycles. The van der Waals surface area contributed by atoms with Crippen LogP contribution in [-0.2, 0) is 11.2 Å². The molecule has 2 heterocycles. The van der Waals surface area contributed by atoms with Gasteiger partial charge in [0.15, 0.2) is 0 Å². The van der Waals surface area contributed by atoms with Crippen LogP contribution in [0.2, 0.25) is 0 Å². The Hall–Kier alpha value is -4.14. The van der Waals surface area contributed by atoms with Crippen molar-refractivity contribution < 1.29 is 13.6 Å². The first-order valence-electron chi connectivity index (χ1n) is 8.98. The third kappa shape index (κ3) is 4.64. The smallest absolute Gasteiger partial charge is 0.228 e. The number of rotatable bonds is 6. The second-order valence-corrected chi connectivity index (χ2v) is 6.39. The number of hydrogen-bond donors (Lipinski definition) is 2. The zero-order valence-corrected chi connectivity index (χ0v) is 15.6. The largest absolute Gasteiger partial charge is 0.340 e. The maximum absolute atomic E-state index is 13.7. The summed E-state index contributed by atoms with van der Waals surface area (Å²) < 4.78 is 28.4. The average molecular weight is 406 g/mol. The average Bonchev–Trinajstić information content (AvgIpc) is 3.27. The van der Waals surface area contributed by atoms with E-state index in [-0.39, 0.29) is 12.0 Å². The molecule has 0 unspecified atom stereocenters. The summed E-state index contributed by atoms with van der Waals surface area (Å²) in [6.45, 7) is 0. The Morgan fingerprint density at radius 1 is 1.00 bits per heavy atom. The Morgan fingerprint density at radius 2 is 1.80 bits per heavy atom. The van der Waals surface area contributed by atoms with Gasteiger partial charge in [0.2, 0.25) is 5.91 Å². The fraction of sp³-hybridized carbons (Fsp3) is 0.0476. The second-order valence-electron chi connectivity index (χ2n) is 6.39. The third-order valence-electron chi connectivity index (χ3n) is 4.23. The van der Waals surface area contributed by atoms with Crippen molar-refractivity contribution >= 4 is 23.1 Å². The number of halogens is 2. The molecular formula is C21H16F2N6O. The summed E-state index contributed by atoms with van der Waals surface area (Å²) in [5.41, 5.74) is 1.44. The highest BCUT2D eigenvalue weighted by Gasteiger charge is 2.10. The predicted octanol–water partition coefficient (Wildman–Crippen LogP) is 3.87. The van der Waals surface area contributed by atoms with Gasteiger partial charge in [-0.05, 0) is 35.9 Å². The number of benzene rings is 2. The molecule has 9 heteroatoms. The van der Waals surface area contributed by atoms with E-state index >= 15 is 0 Å². The minimum atomic E-state index is -0.746. The standard InChI is InChI=1S/C21H16F2N6O/c22-15-2-1-14(18(23)10-15)9-21(30)28-17-5-3-16(4-6-17)27-19-11-20(26-12-25-19)29-8-7-24-13-29/h1-8,10-13H,9H2,(H,28,30)(H,25,26,27). The fourth-order valence-electron chi connectivity index (χ4n) is 2.78. The van der Waals surface area contributed by atoms with Gasteiger partial charge in [-0.25, -0.2) is 23.7 Å². The van der Waals surface area contributed by atoms with Gasteiger partial charge in [0.25, 0.3) is 0 Å². The molecular weight excluding hydrogens is 390 g/mol. The summed E-state index contributed by atoms with van der Waals surface area (Å²) in [4.78, 5) is 24.5. The van der Waals surface area contributed by atoms with E-state index in [9.17, 15) is 13.6 Å². The van der Waals surface area contributed by atoms with Gasteiger partial charge in [-0.3, -0.25) is 9.36 Å². The van der Waals surface area contributed by atoms with Crippen molar-refractivity contribution in [2.45, 2.75) is 6.42 Å². The predicted molar refractivity (Wildman–Crippen MR) is 108 cm³/mol. The molecule has 0 radical (unpaired) electrons. The number of carbonyl (C=O) groups excluding carboxylic acids is 1. The Labute approximate surface area is 170 Å². The first kappa shape index (κ1) is 19.2. The molecule has 2 aromatic carbocycles. The fourth-order valence-corrected chi connectivity index (χ4v) is 2.78. The van der Waals surface area contributed by atoms with E-state index in [1.54, 1.807) is 53.6 Å². The van der Waals surface area contributed by atoms with E-state index in [0.29, 0.717) is 17.3 Å². The van der Waals surface area contributed by atoms with Crippen molar-refractivity contribution in [1.82, 2.24) is 19.5 Å². The van der Waals surface area contributed by atoms with Crippen molar-refractivity contribution in [3.8, 4) is 5.82 Å². The van der Waals surface area contributed by atoms with Gasteiger partial charge in [0.1, 0.15) is 35.9 Å². The maximum atomic E-state index is 13.7. The monoisotopic (exact) mass is 406 g/mol. The SMILES string of the molecule is O=C(Cc1ccc(F)cc1F)Nc1ccc(Nc2cc(-n3ccnc3)ncn2)cc1. The number of nitrogens with one attached hydrogen (secondary N) is 2. The van der Waals surface area contributed by atoms with E-state index in [4.69, 9.17) is 0 Å². The van der Waals surface area contributed by atoms with Crippen LogP contribution in [0.5, 0.6) is 0 Å². The summed E-state index contributed by atoms with van der Waals surface area (Å²) in [6, 6.07) is 11.9. The van der Waals surface area contributed by atoms with Crippen LogP contribution in [0.3, 0.4) is 0 Å². The molecule has 0 atom stereocenters. The number of aromatic nitrogens is 4. The topological polar surface area (TPSA) is 84.7 Å². The summed E-state index contributed by atoms with van der Waals surface area (Å²) in [6.07, 6.45) is 6.33. The van der Waals surface area contributed by atoms with Crippen LogP contribution in [0.4, 0.5) is 26.0 Å². The molecule has 0 fully saturated rings. The summed E-state index contributed by atoms with van der Waals surface area (Å²) >= 11 is 0. The first-order valence-corrected chi connectivity index (χ1v) is 8.98. The van der Waals surface area contributed by atoms with Crippen molar-refractivity contribution in [3.63, 3.8) is 0 Å². The van der Waals surface area contributed by atoms with Crippen LogP contribution in [0.1, 0.15) is 5.56 Å². The molecule has 150 valence electrons. The number of amides is 1. The van der Waals surface area contributed by atoms with E-state index in [1.807, 2.05) is 0 Å². The quantitative estimate of drug-likeness (QED) is 0.508. The molecule has 2 aromatic heterocycles. The zero-order valence-electron chi connectivity index (χ0n) is 15.6. The van der Waals surface area contributed by atoms with Gasteiger partial charge in [-0.2, -0.15) is 0 Å². The molecule has 30 heavy (non-hydrogen) atoms. The molecule has 0 spiro atoms. The third-order valence-corrected chi connectivity index (χ3v) is 4.23. The Kier molecular flexibility index (Phi) is 5.42. The molecule has 4 rings (SSSR count). The summed E-state index contributed by atoms with van der Waals surface area (Å²) in [5.74, 6) is -0.564. The minimum absolute atomic E-state index is 0.129. The normalized spacial score (nSPS) is 10.6. The van der Waals surface area contributed by atoms with E-state index in [0.717, 1.165) is 17.8 Å². The van der Waals surface area contributed by atoms with Crippen LogP contribution >= 0.6 is 0 Å². The van der Waals surface area contributed by atoms with Gasteiger partial charge in [0.05, 0.1) is 6.42 Å². The summed E-state index contributed by atoms with van der Waals surface area (Å²) in [5, 5.41) is 5.84. The van der Waals surface area contributed by atoms with E-state index in [1.165, 1.54) is 12.4 Å². The Balaban J connectivity index is 1.38. The van der Waals surface area contributed by atoms with Crippen molar-refractivity contribution in [3.05, 3.63) is 90.8 Å². The lowest BCUT2D eigenvalue weighted by Gasteiger charge is -2.09. The van der Waals surface area contributed by atoms with Gasteiger partial charge >= 0.3 is 0 Å². The lowest BCUT2D eigenvalue weighted by Crippen LogP contribution is -2.15. The van der Waals surface area contributed by atoms with Gasteiger partial charge < -0.3 is 10.6 Å². The number of nitrogens with zero attached hydrogens (tertiary/aromatic N) is 4. The van der Waals surface area contributed by atoms with Gasteiger partial charge in [0, 0.05) is 35.9 Å². The molecule has 0 aliphatic rings. The maximum Gasteiger partial charge on any atom is 0.228 e. The van der Waals surface area contributed by atoms with Crippen LogP contribution in [-0.4, -0.2) is 25.4 Å². The van der Waals surface area contributed by atoms with Crippen molar-refractivity contribution in [2.24, 2.45) is 0 Å². The zero-order chi connectivity index (χ0) is 20.9. The molecule has 0 saturated heterocycles. The number of carbonyl (C=O) groups is 1.